The molecule has 0 bridgehead atoms. The molecule has 5 heteroatoms. The van der Waals surface area contributed by atoms with Crippen LogP contribution in [-0.2, 0) is 20.9 Å². The smallest absolute Gasteiger partial charge is 0.306 e. The lowest BCUT2D eigenvalue weighted by atomic mass is 10.1. The highest BCUT2D eigenvalue weighted by Crippen LogP contribution is 2.30. The summed E-state index contributed by atoms with van der Waals surface area (Å²) in [5.74, 6) is -0.640. The van der Waals surface area contributed by atoms with Gasteiger partial charge in [0.1, 0.15) is 17.8 Å². The van der Waals surface area contributed by atoms with Crippen molar-refractivity contribution in [2.45, 2.75) is 19.4 Å². The van der Waals surface area contributed by atoms with E-state index in [0.717, 1.165) is 21.9 Å². The number of carbonyl (C=O) groups excluding carboxylic acids is 2. The largest absolute Gasteiger partial charge is 0.461 e. The summed E-state index contributed by atoms with van der Waals surface area (Å²) >= 11 is 0. The normalized spacial score (nSPS) is 10.9. The standard InChI is InChI=1S/C23H19NO4/c25-22(12-13-23(26)27-15-16-6-2-1-3-7-16)24-17-10-11-19-18-8-4-5-9-20(18)28-21(19)14-17/h1-11,14H,12-13,15H2,(H,24,25). The molecule has 0 saturated heterocycles. The number of hydrogen-bond donors (Lipinski definition) is 1. The average molecular weight is 373 g/mol. The number of para-hydroxylation sites is 1. The van der Waals surface area contributed by atoms with Crippen LogP contribution in [0.25, 0.3) is 21.9 Å². The van der Waals surface area contributed by atoms with Crippen LogP contribution in [0.5, 0.6) is 0 Å². The van der Waals surface area contributed by atoms with Crippen molar-refractivity contribution in [3.05, 3.63) is 78.4 Å². The molecule has 4 rings (SSSR count). The molecule has 1 heterocycles. The second kappa shape index (κ2) is 7.96. The van der Waals surface area contributed by atoms with Crippen molar-refractivity contribution in [3.63, 3.8) is 0 Å². The number of carbonyl (C=O) groups is 2. The van der Waals surface area contributed by atoms with E-state index in [1.165, 1.54) is 0 Å². The Kier molecular flexibility index (Phi) is 5.06. The molecule has 28 heavy (non-hydrogen) atoms. The van der Waals surface area contributed by atoms with Crippen LogP contribution in [0, 0.1) is 0 Å². The first-order valence-electron chi connectivity index (χ1n) is 9.10. The Morgan fingerprint density at radius 2 is 1.57 bits per heavy atom. The second-order valence-corrected chi connectivity index (χ2v) is 6.50. The third-order valence-electron chi connectivity index (χ3n) is 4.46. The molecular formula is C23H19NO4. The number of amides is 1. The van der Waals surface area contributed by atoms with Crippen molar-refractivity contribution < 1.29 is 18.7 Å². The summed E-state index contributed by atoms with van der Waals surface area (Å²) in [6, 6.07) is 22.8. The number of ether oxygens (including phenoxy) is 1. The predicted molar refractivity (Wildman–Crippen MR) is 108 cm³/mol. The van der Waals surface area contributed by atoms with Gasteiger partial charge in [-0.3, -0.25) is 9.59 Å². The van der Waals surface area contributed by atoms with E-state index < -0.39 is 5.97 Å². The van der Waals surface area contributed by atoms with Crippen LogP contribution in [0.2, 0.25) is 0 Å². The van der Waals surface area contributed by atoms with Gasteiger partial charge in [0.05, 0.1) is 6.42 Å². The van der Waals surface area contributed by atoms with Crippen molar-refractivity contribution >= 4 is 39.5 Å². The molecule has 4 aromatic rings. The number of nitrogens with one attached hydrogen (secondary N) is 1. The summed E-state index contributed by atoms with van der Waals surface area (Å²) in [5.41, 5.74) is 3.07. The fourth-order valence-electron chi connectivity index (χ4n) is 3.05. The van der Waals surface area contributed by atoms with E-state index in [9.17, 15) is 9.59 Å². The SMILES string of the molecule is O=C(CCC(=O)OCc1ccccc1)Nc1ccc2c(c1)oc1ccccc12. The van der Waals surface area contributed by atoms with Crippen LogP contribution in [0.3, 0.4) is 0 Å². The maximum Gasteiger partial charge on any atom is 0.306 e. The van der Waals surface area contributed by atoms with Crippen molar-refractivity contribution in [1.82, 2.24) is 0 Å². The van der Waals surface area contributed by atoms with Gasteiger partial charge < -0.3 is 14.5 Å². The van der Waals surface area contributed by atoms with Crippen LogP contribution >= 0.6 is 0 Å². The Hall–Kier alpha value is -3.60. The van der Waals surface area contributed by atoms with Gasteiger partial charge in [-0.25, -0.2) is 0 Å². The van der Waals surface area contributed by atoms with Gasteiger partial charge in [0.2, 0.25) is 5.91 Å². The zero-order chi connectivity index (χ0) is 19.3. The predicted octanol–water partition coefficient (Wildman–Crippen LogP) is 5.05. The number of rotatable bonds is 6. The molecule has 0 aliphatic carbocycles. The maximum absolute atomic E-state index is 12.1. The van der Waals surface area contributed by atoms with Gasteiger partial charge in [-0.2, -0.15) is 0 Å². The van der Waals surface area contributed by atoms with Gasteiger partial charge in [-0.1, -0.05) is 48.5 Å². The lowest BCUT2D eigenvalue weighted by Gasteiger charge is -2.06. The Labute approximate surface area is 161 Å². The summed E-state index contributed by atoms with van der Waals surface area (Å²) < 4.78 is 11.0. The van der Waals surface area contributed by atoms with E-state index >= 15 is 0 Å². The minimum Gasteiger partial charge on any atom is -0.461 e. The van der Waals surface area contributed by atoms with Crippen LogP contribution in [-0.4, -0.2) is 11.9 Å². The van der Waals surface area contributed by atoms with E-state index in [2.05, 4.69) is 5.32 Å². The van der Waals surface area contributed by atoms with Crippen molar-refractivity contribution in [1.29, 1.82) is 0 Å². The fourth-order valence-corrected chi connectivity index (χ4v) is 3.05. The molecule has 0 spiro atoms. The zero-order valence-electron chi connectivity index (χ0n) is 15.2. The molecule has 0 unspecified atom stereocenters. The molecule has 3 aromatic carbocycles. The second-order valence-electron chi connectivity index (χ2n) is 6.50. The minimum atomic E-state index is -0.397. The average Bonchev–Trinajstić information content (AvgIpc) is 3.09. The first-order valence-corrected chi connectivity index (χ1v) is 9.10. The Balaban J connectivity index is 1.32. The molecule has 1 amide bonds. The van der Waals surface area contributed by atoms with E-state index in [4.69, 9.17) is 9.15 Å². The molecule has 0 saturated carbocycles. The molecule has 0 atom stereocenters. The summed E-state index contributed by atoms with van der Waals surface area (Å²) in [7, 11) is 0. The monoisotopic (exact) mass is 373 g/mol. The van der Waals surface area contributed by atoms with Gasteiger partial charge in [-0.05, 0) is 23.8 Å². The Morgan fingerprint density at radius 1 is 0.821 bits per heavy atom. The molecule has 5 nitrogen and oxygen atoms in total. The highest BCUT2D eigenvalue weighted by atomic mass is 16.5. The van der Waals surface area contributed by atoms with Gasteiger partial charge in [0, 0.05) is 28.9 Å². The van der Waals surface area contributed by atoms with E-state index in [0.29, 0.717) is 11.3 Å². The lowest BCUT2D eigenvalue weighted by molar-refractivity contribution is -0.145. The number of esters is 1. The van der Waals surface area contributed by atoms with E-state index in [1.54, 1.807) is 6.07 Å². The molecule has 1 N–H and O–H groups in total. The van der Waals surface area contributed by atoms with Gasteiger partial charge >= 0.3 is 5.97 Å². The van der Waals surface area contributed by atoms with E-state index in [-0.39, 0.29) is 25.4 Å². The molecule has 0 radical (unpaired) electrons. The molecule has 140 valence electrons. The van der Waals surface area contributed by atoms with Crippen molar-refractivity contribution in [3.8, 4) is 0 Å². The van der Waals surface area contributed by atoms with Crippen LogP contribution in [0.4, 0.5) is 5.69 Å². The molecule has 0 fully saturated rings. The van der Waals surface area contributed by atoms with Crippen LogP contribution in [0.1, 0.15) is 18.4 Å². The summed E-state index contributed by atoms with van der Waals surface area (Å²) in [6.07, 6.45) is 0.0946. The van der Waals surface area contributed by atoms with Gasteiger partial charge in [0.15, 0.2) is 0 Å². The number of benzene rings is 3. The van der Waals surface area contributed by atoms with E-state index in [1.807, 2.05) is 66.7 Å². The maximum atomic E-state index is 12.1. The number of furan rings is 1. The highest BCUT2D eigenvalue weighted by molar-refractivity contribution is 6.06. The molecule has 1 aromatic heterocycles. The quantitative estimate of drug-likeness (QED) is 0.480. The molecular weight excluding hydrogens is 354 g/mol. The Morgan fingerprint density at radius 3 is 2.43 bits per heavy atom. The minimum absolute atomic E-state index is 0.0333. The first kappa shape index (κ1) is 17.8. The zero-order valence-corrected chi connectivity index (χ0v) is 15.2. The number of fused-ring (bicyclic) bond motifs is 3. The van der Waals surface area contributed by atoms with Crippen LogP contribution in [0.15, 0.2) is 77.2 Å². The molecule has 0 aliphatic rings. The van der Waals surface area contributed by atoms with Gasteiger partial charge in [-0.15, -0.1) is 0 Å². The first-order chi connectivity index (χ1) is 13.7. The van der Waals surface area contributed by atoms with Crippen molar-refractivity contribution in [2.24, 2.45) is 0 Å². The Bertz CT molecular complexity index is 1130. The topological polar surface area (TPSA) is 68.5 Å². The van der Waals surface area contributed by atoms with Gasteiger partial charge in [0.25, 0.3) is 0 Å². The third kappa shape index (κ3) is 4.04. The highest BCUT2D eigenvalue weighted by Gasteiger charge is 2.11. The lowest BCUT2D eigenvalue weighted by Crippen LogP contribution is -2.14. The summed E-state index contributed by atoms with van der Waals surface area (Å²) in [4.78, 5) is 24.0. The number of anilines is 1. The number of hydrogen-bond acceptors (Lipinski definition) is 4. The van der Waals surface area contributed by atoms with Crippen LogP contribution < -0.4 is 5.32 Å². The third-order valence-corrected chi connectivity index (χ3v) is 4.46. The summed E-state index contributed by atoms with van der Waals surface area (Å²) in [6.45, 7) is 0.212. The van der Waals surface area contributed by atoms with Crippen molar-refractivity contribution in [2.75, 3.05) is 5.32 Å². The molecule has 0 aliphatic heterocycles. The fraction of sp³-hybridized carbons (Fsp3) is 0.130. The summed E-state index contributed by atoms with van der Waals surface area (Å²) in [5, 5.41) is 4.84.